The fourth-order valence-electron chi connectivity index (χ4n) is 2.14. The summed E-state index contributed by atoms with van der Waals surface area (Å²) >= 11 is 0. The summed E-state index contributed by atoms with van der Waals surface area (Å²) in [6, 6.07) is -0.783. The molecular formula is C11H20N2O3. The van der Waals surface area contributed by atoms with Gasteiger partial charge in [-0.2, -0.15) is 0 Å². The van der Waals surface area contributed by atoms with Gasteiger partial charge >= 0.3 is 5.97 Å². The number of aliphatic carboxylic acids is 1. The number of carboxylic acid groups (broad SMARTS) is 1. The van der Waals surface area contributed by atoms with Crippen LogP contribution in [-0.4, -0.2) is 40.5 Å². The predicted molar refractivity (Wildman–Crippen MR) is 59.9 cm³/mol. The smallest absolute Gasteiger partial charge is 0.326 e. The van der Waals surface area contributed by atoms with Crippen molar-refractivity contribution in [3.8, 4) is 0 Å². The first-order valence-electron chi connectivity index (χ1n) is 5.84. The Bertz CT molecular complexity index is 268. The summed E-state index contributed by atoms with van der Waals surface area (Å²) < 4.78 is 0. The first kappa shape index (κ1) is 13.0. The van der Waals surface area contributed by atoms with E-state index in [1.807, 2.05) is 6.92 Å². The van der Waals surface area contributed by atoms with Crippen LogP contribution < -0.4 is 5.73 Å². The molecule has 2 atom stereocenters. The van der Waals surface area contributed by atoms with Crippen molar-refractivity contribution in [1.82, 2.24) is 4.90 Å². The number of hydrogen-bond acceptors (Lipinski definition) is 3. The third-order valence-electron chi connectivity index (χ3n) is 2.95. The summed E-state index contributed by atoms with van der Waals surface area (Å²) in [4.78, 5) is 24.2. The first-order valence-corrected chi connectivity index (χ1v) is 5.84. The molecule has 92 valence electrons. The molecule has 0 aromatic rings. The predicted octanol–water partition coefficient (Wildman–Crippen LogP) is 0.580. The lowest BCUT2D eigenvalue weighted by atomic mass is 10.1. The largest absolute Gasteiger partial charge is 0.480 e. The van der Waals surface area contributed by atoms with E-state index in [-0.39, 0.29) is 18.4 Å². The highest BCUT2D eigenvalue weighted by Gasteiger charge is 2.33. The van der Waals surface area contributed by atoms with Crippen molar-refractivity contribution < 1.29 is 14.7 Å². The normalized spacial score (nSPS) is 22.1. The summed E-state index contributed by atoms with van der Waals surface area (Å²) in [7, 11) is 0. The van der Waals surface area contributed by atoms with Gasteiger partial charge in [0.1, 0.15) is 6.04 Å². The van der Waals surface area contributed by atoms with Gasteiger partial charge in [-0.1, -0.05) is 13.3 Å². The molecular weight excluding hydrogens is 208 g/mol. The topological polar surface area (TPSA) is 83.6 Å². The minimum absolute atomic E-state index is 0.120. The van der Waals surface area contributed by atoms with E-state index < -0.39 is 12.0 Å². The molecule has 1 fully saturated rings. The molecule has 3 N–H and O–H groups in total. The van der Waals surface area contributed by atoms with Crippen molar-refractivity contribution in [3.63, 3.8) is 0 Å². The van der Waals surface area contributed by atoms with Crippen LogP contribution in [0.5, 0.6) is 0 Å². The van der Waals surface area contributed by atoms with Crippen LogP contribution in [0, 0.1) is 0 Å². The van der Waals surface area contributed by atoms with Crippen LogP contribution in [0.2, 0.25) is 0 Å². The van der Waals surface area contributed by atoms with Crippen molar-refractivity contribution in [2.75, 3.05) is 6.54 Å². The molecule has 1 saturated heterocycles. The van der Waals surface area contributed by atoms with Crippen molar-refractivity contribution in [3.05, 3.63) is 0 Å². The van der Waals surface area contributed by atoms with Gasteiger partial charge in [-0.25, -0.2) is 4.79 Å². The molecule has 1 amide bonds. The maximum Gasteiger partial charge on any atom is 0.326 e. The van der Waals surface area contributed by atoms with Gasteiger partial charge in [-0.05, 0) is 19.3 Å². The Kier molecular flexibility index (Phi) is 4.73. The molecule has 0 bridgehead atoms. The number of nitrogens with two attached hydrogens (primary N) is 1. The second-order valence-electron chi connectivity index (χ2n) is 4.34. The third-order valence-corrected chi connectivity index (χ3v) is 2.95. The summed E-state index contributed by atoms with van der Waals surface area (Å²) in [5, 5.41) is 8.94. The summed E-state index contributed by atoms with van der Waals surface area (Å²) in [5.74, 6) is -1.03. The van der Waals surface area contributed by atoms with Crippen LogP contribution in [0.15, 0.2) is 0 Å². The Hall–Kier alpha value is -1.10. The molecule has 1 aliphatic heterocycles. The fourth-order valence-corrected chi connectivity index (χ4v) is 2.14. The second-order valence-corrected chi connectivity index (χ2v) is 4.34. The first-order chi connectivity index (χ1) is 7.56. The minimum atomic E-state index is -0.907. The highest BCUT2D eigenvalue weighted by molar-refractivity contribution is 5.84. The highest BCUT2D eigenvalue weighted by Crippen LogP contribution is 2.19. The Labute approximate surface area is 95.6 Å². The van der Waals surface area contributed by atoms with Crippen LogP contribution >= 0.6 is 0 Å². The van der Waals surface area contributed by atoms with Gasteiger partial charge in [0.2, 0.25) is 5.91 Å². The third kappa shape index (κ3) is 3.20. The van der Waals surface area contributed by atoms with Crippen LogP contribution in [0.1, 0.15) is 39.0 Å². The molecule has 0 radical (unpaired) electrons. The lowest BCUT2D eigenvalue weighted by molar-refractivity contribution is -0.148. The zero-order valence-electron chi connectivity index (χ0n) is 9.69. The van der Waals surface area contributed by atoms with Gasteiger partial charge in [0.15, 0.2) is 0 Å². The lowest BCUT2D eigenvalue weighted by Gasteiger charge is -2.23. The Morgan fingerprint density at radius 3 is 2.81 bits per heavy atom. The van der Waals surface area contributed by atoms with E-state index in [1.165, 1.54) is 4.90 Å². The maximum atomic E-state index is 11.8. The Balaban J connectivity index is 2.49. The van der Waals surface area contributed by atoms with Crippen molar-refractivity contribution >= 4 is 11.9 Å². The van der Waals surface area contributed by atoms with E-state index in [0.717, 1.165) is 19.3 Å². The average molecular weight is 228 g/mol. The molecule has 5 heteroatoms. The number of carboxylic acids is 1. The molecule has 2 unspecified atom stereocenters. The number of rotatable bonds is 5. The number of nitrogens with zero attached hydrogens (tertiary/aromatic N) is 1. The summed E-state index contributed by atoms with van der Waals surface area (Å²) in [5.41, 5.74) is 5.78. The van der Waals surface area contributed by atoms with Crippen LogP contribution in [0.4, 0.5) is 0 Å². The fraction of sp³-hybridized carbons (Fsp3) is 0.818. The van der Waals surface area contributed by atoms with Gasteiger partial charge in [0.05, 0.1) is 0 Å². The van der Waals surface area contributed by atoms with E-state index in [0.29, 0.717) is 13.0 Å². The van der Waals surface area contributed by atoms with Crippen molar-refractivity contribution in [2.24, 2.45) is 5.73 Å². The van der Waals surface area contributed by atoms with E-state index in [1.54, 1.807) is 0 Å². The van der Waals surface area contributed by atoms with E-state index >= 15 is 0 Å². The summed E-state index contributed by atoms with van der Waals surface area (Å²) in [6.07, 6.45) is 3.33. The number of carbonyl (C=O) groups excluding carboxylic acids is 1. The minimum Gasteiger partial charge on any atom is -0.480 e. The molecule has 0 saturated carbocycles. The number of carbonyl (C=O) groups is 2. The molecule has 1 rings (SSSR count). The molecule has 16 heavy (non-hydrogen) atoms. The summed E-state index contributed by atoms with van der Waals surface area (Å²) in [6.45, 7) is 2.56. The van der Waals surface area contributed by atoms with E-state index in [4.69, 9.17) is 10.8 Å². The number of hydrogen-bond donors (Lipinski definition) is 2. The van der Waals surface area contributed by atoms with Gasteiger partial charge < -0.3 is 15.7 Å². The zero-order valence-corrected chi connectivity index (χ0v) is 9.69. The zero-order chi connectivity index (χ0) is 12.1. The number of amides is 1. The highest BCUT2D eigenvalue weighted by atomic mass is 16.4. The SMILES string of the molecule is CCCC(N)CC(=O)N1CCCC1C(=O)O. The van der Waals surface area contributed by atoms with Crippen LogP contribution in [0.3, 0.4) is 0 Å². The molecule has 0 spiro atoms. The van der Waals surface area contributed by atoms with E-state index in [9.17, 15) is 9.59 Å². The molecule has 1 aliphatic rings. The van der Waals surface area contributed by atoms with Crippen molar-refractivity contribution in [1.29, 1.82) is 0 Å². The maximum absolute atomic E-state index is 11.8. The van der Waals surface area contributed by atoms with Crippen LogP contribution in [0.25, 0.3) is 0 Å². The Morgan fingerprint density at radius 2 is 2.25 bits per heavy atom. The number of likely N-dealkylation sites (tertiary alicyclic amines) is 1. The van der Waals surface area contributed by atoms with Gasteiger partial charge in [-0.3, -0.25) is 4.79 Å². The van der Waals surface area contributed by atoms with Crippen LogP contribution in [-0.2, 0) is 9.59 Å². The Morgan fingerprint density at radius 1 is 1.56 bits per heavy atom. The molecule has 0 aromatic heterocycles. The molecule has 0 aromatic carbocycles. The van der Waals surface area contributed by atoms with Gasteiger partial charge in [-0.15, -0.1) is 0 Å². The monoisotopic (exact) mass is 228 g/mol. The average Bonchev–Trinajstić information content (AvgIpc) is 2.65. The molecule has 1 heterocycles. The quantitative estimate of drug-likeness (QED) is 0.721. The van der Waals surface area contributed by atoms with Crippen molar-refractivity contribution in [2.45, 2.75) is 51.1 Å². The molecule has 0 aliphatic carbocycles. The molecule has 5 nitrogen and oxygen atoms in total. The van der Waals surface area contributed by atoms with Gasteiger partial charge in [0.25, 0.3) is 0 Å². The van der Waals surface area contributed by atoms with E-state index in [2.05, 4.69) is 0 Å². The lowest BCUT2D eigenvalue weighted by Crippen LogP contribution is -2.42. The standard InChI is InChI=1S/C11H20N2O3/c1-2-4-8(12)7-10(14)13-6-3-5-9(13)11(15)16/h8-9H,2-7,12H2,1H3,(H,15,16). The van der Waals surface area contributed by atoms with Gasteiger partial charge in [0, 0.05) is 19.0 Å². The second kappa shape index (κ2) is 5.84.